The zero-order valence-corrected chi connectivity index (χ0v) is 16.2. The first-order chi connectivity index (χ1) is 12.8. The highest BCUT2D eigenvalue weighted by atomic mass is 35.5. The predicted octanol–water partition coefficient (Wildman–Crippen LogP) is 6.52. The third-order valence-electron chi connectivity index (χ3n) is 4.85. The normalized spacial score (nSPS) is 15.3. The lowest BCUT2D eigenvalue weighted by Gasteiger charge is -2.21. The molecule has 136 valence electrons. The monoisotopic (exact) mass is 387 g/mol. The van der Waals surface area contributed by atoms with Crippen molar-refractivity contribution < 1.29 is 4.74 Å². The van der Waals surface area contributed by atoms with Gasteiger partial charge in [-0.05, 0) is 30.5 Å². The smallest absolute Gasteiger partial charge is 0.183 e. The van der Waals surface area contributed by atoms with Crippen LogP contribution in [0.3, 0.4) is 0 Å². The summed E-state index contributed by atoms with van der Waals surface area (Å²) in [5.41, 5.74) is 0.996. The molecule has 0 aliphatic heterocycles. The van der Waals surface area contributed by atoms with E-state index < -0.39 is 0 Å². The first-order valence-corrected chi connectivity index (χ1v) is 10.4. The topological polar surface area (TPSA) is 47.0 Å². The fourth-order valence-electron chi connectivity index (χ4n) is 3.49. The Balaban J connectivity index is 1.39. The molecule has 2 aromatic heterocycles. The van der Waals surface area contributed by atoms with Crippen LogP contribution in [-0.4, -0.2) is 16.5 Å². The molecule has 4 rings (SSSR count). The minimum absolute atomic E-state index is 0.422. The number of anilines is 1. The second-order valence-corrected chi connectivity index (χ2v) is 8.20. The number of nitrogens with zero attached hydrogens (tertiary/aromatic N) is 2. The Hall–Kier alpha value is -1.85. The van der Waals surface area contributed by atoms with Crippen molar-refractivity contribution in [3.8, 4) is 11.5 Å². The molecular weight excluding hydrogens is 366 g/mol. The fraction of sp³-hybridized carbons (Fsp3) is 0.400. The molecule has 0 unspecified atom stereocenters. The SMILES string of the molecule is Clc1cc(Oc2ccc3nc(NCCC4CCCCC4)sc3c2)ccn1. The Bertz CT molecular complexity index is 876. The molecule has 0 radical (unpaired) electrons. The van der Waals surface area contributed by atoms with E-state index in [1.807, 2.05) is 18.2 Å². The van der Waals surface area contributed by atoms with Crippen LogP contribution in [0.4, 0.5) is 5.13 Å². The minimum atomic E-state index is 0.422. The van der Waals surface area contributed by atoms with Crippen LogP contribution in [0.15, 0.2) is 36.5 Å². The number of hydrogen-bond acceptors (Lipinski definition) is 5. The van der Waals surface area contributed by atoms with Gasteiger partial charge in [0.15, 0.2) is 5.13 Å². The van der Waals surface area contributed by atoms with Gasteiger partial charge in [-0.15, -0.1) is 0 Å². The summed E-state index contributed by atoms with van der Waals surface area (Å²) in [6, 6.07) is 9.45. The quantitative estimate of drug-likeness (QED) is 0.489. The number of hydrogen-bond donors (Lipinski definition) is 1. The Labute approximate surface area is 162 Å². The number of thiazole rings is 1. The Morgan fingerprint density at radius 3 is 2.81 bits per heavy atom. The summed E-state index contributed by atoms with van der Waals surface area (Å²) in [5.74, 6) is 2.34. The molecule has 1 saturated carbocycles. The van der Waals surface area contributed by atoms with Crippen molar-refractivity contribution in [2.45, 2.75) is 38.5 Å². The summed E-state index contributed by atoms with van der Waals surface area (Å²) in [5, 5.41) is 4.91. The second kappa shape index (κ2) is 8.23. The lowest BCUT2D eigenvalue weighted by atomic mass is 9.87. The molecule has 2 heterocycles. The molecule has 0 spiro atoms. The molecule has 1 N–H and O–H groups in total. The van der Waals surface area contributed by atoms with Crippen molar-refractivity contribution in [2.24, 2.45) is 5.92 Å². The Morgan fingerprint density at radius 2 is 1.96 bits per heavy atom. The molecule has 1 aliphatic rings. The van der Waals surface area contributed by atoms with Crippen molar-refractivity contribution >= 4 is 38.3 Å². The zero-order chi connectivity index (χ0) is 17.8. The van der Waals surface area contributed by atoms with Gasteiger partial charge >= 0.3 is 0 Å². The summed E-state index contributed by atoms with van der Waals surface area (Å²) in [6.45, 7) is 1.00. The summed E-state index contributed by atoms with van der Waals surface area (Å²) in [4.78, 5) is 8.64. The van der Waals surface area contributed by atoms with Crippen molar-refractivity contribution in [3.63, 3.8) is 0 Å². The molecule has 3 aromatic rings. The molecule has 1 fully saturated rings. The van der Waals surface area contributed by atoms with E-state index in [2.05, 4.69) is 15.3 Å². The number of rotatable bonds is 6. The van der Waals surface area contributed by atoms with E-state index in [1.165, 1.54) is 38.5 Å². The molecule has 0 amide bonds. The maximum atomic E-state index is 5.91. The maximum absolute atomic E-state index is 5.91. The van der Waals surface area contributed by atoms with Gasteiger partial charge in [-0.2, -0.15) is 0 Å². The highest BCUT2D eigenvalue weighted by Gasteiger charge is 2.13. The van der Waals surface area contributed by atoms with E-state index in [0.717, 1.165) is 33.6 Å². The van der Waals surface area contributed by atoms with Crippen molar-refractivity contribution in [2.75, 3.05) is 11.9 Å². The molecule has 1 aromatic carbocycles. The fourth-order valence-corrected chi connectivity index (χ4v) is 4.57. The summed E-state index contributed by atoms with van der Waals surface area (Å²) in [6.07, 6.45) is 9.87. The molecular formula is C20H22ClN3OS. The van der Waals surface area contributed by atoms with Gasteiger partial charge in [-0.1, -0.05) is 55.0 Å². The molecule has 0 saturated heterocycles. The van der Waals surface area contributed by atoms with Crippen LogP contribution < -0.4 is 10.1 Å². The standard InChI is InChI=1S/C20H22ClN3OS/c21-19-13-16(9-11-22-19)25-15-6-7-17-18(12-15)26-20(24-17)23-10-8-14-4-2-1-3-5-14/h6-7,9,11-14H,1-5,8,10H2,(H,23,24). The highest BCUT2D eigenvalue weighted by molar-refractivity contribution is 7.22. The molecule has 0 atom stereocenters. The molecule has 26 heavy (non-hydrogen) atoms. The number of fused-ring (bicyclic) bond motifs is 1. The van der Waals surface area contributed by atoms with Crippen LogP contribution in [0.25, 0.3) is 10.2 Å². The lowest BCUT2D eigenvalue weighted by Crippen LogP contribution is -2.11. The second-order valence-electron chi connectivity index (χ2n) is 6.78. The van der Waals surface area contributed by atoms with Gasteiger partial charge in [0.1, 0.15) is 16.7 Å². The number of ether oxygens (including phenoxy) is 1. The van der Waals surface area contributed by atoms with Crippen LogP contribution in [0.1, 0.15) is 38.5 Å². The van der Waals surface area contributed by atoms with E-state index in [4.69, 9.17) is 16.3 Å². The largest absolute Gasteiger partial charge is 0.457 e. The van der Waals surface area contributed by atoms with Crippen molar-refractivity contribution in [3.05, 3.63) is 41.7 Å². The maximum Gasteiger partial charge on any atom is 0.183 e. The highest BCUT2D eigenvalue weighted by Crippen LogP contribution is 2.32. The van der Waals surface area contributed by atoms with Gasteiger partial charge in [-0.25, -0.2) is 9.97 Å². The summed E-state index contributed by atoms with van der Waals surface area (Å²) < 4.78 is 6.98. The van der Waals surface area contributed by atoms with Crippen LogP contribution in [0, 0.1) is 5.92 Å². The third-order valence-corrected chi connectivity index (χ3v) is 6.03. The average molecular weight is 388 g/mol. The third kappa shape index (κ3) is 4.46. The van der Waals surface area contributed by atoms with Gasteiger partial charge in [0.2, 0.25) is 0 Å². The van der Waals surface area contributed by atoms with Crippen molar-refractivity contribution in [1.29, 1.82) is 0 Å². The first-order valence-electron chi connectivity index (χ1n) is 9.20. The number of pyridine rings is 1. The molecule has 4 nitrogen and oxygen atoms in total. The van der Waals surface area contributed by atoms with Gasteiger partial charge < -0.3 is 10.1 Å². The van der Waals surface area contributed by atoms with E-state index >= 15 is 0 Å². The Kier molecular flexibility index (Phi) is 5.56. The van der Waals surface area contributed by atoms with Crippen molar-refractivity contribution in [1.82, 2.24) is 9.97 Å². The number of benzene rings is 1. The zero-order valence-electron chi connectivity index (χ0n) is 14.6. The van der Waals surface area contributed by atoms with Crippen LogP contribution in [0.5, 0.6) is 11.5 Å². The van der Waals surface area contributed by atoms with Gasteiger partial charge in [0.05, 0.1) is 10.2 Å². The summed E-state index contributed by atoms with van der Waals surface area (Å²) in [7, 11) is 0. The Morgan fingerprint density at radius 1 is 1.12 bits per heavy atom. The molecule has 1 aliphatic carbocycles. The van der Waals surface area contributed by atoms with Crippen LogP contribution in [0.2, 0.25) is 5.15 Å². The van der Waals surface area contributed by atoms with Crippen LogP contribution >= 0.6 is 22.9 Å². The van der Waals surface area contributed by atoms with E-state index in [0.29, 0.717) is 10.9 Å². The van der Waals surface area contributed by atoms with E-state index in [-0.39, 0.29) is 0 Å². The van der Waals surface area contributed by atoms with Gasteiger partial charge in [-0.3, -0.25) is 0 Å². The number of halogens is 1. The minimum Gasteiger partial charge on any atom is -0.457 e. The van der Waals surface area contributed by atoms with E-state index in [1.54, 1.807) is 29.7 Å². The van der Waals surface area contributed by atoms with Crippen LogP contribution in [-0.2, 0) is 0 Å². The lowest BCUT2D eigenvalue weighted by molar-refractivity contribution is 0.345. The first kappa shape index (κ1) is 17.6. The van der Waals surface area contributed by atoms with E-state index in [9.17, 15) is 0 Å². The predicted molar refractivity (Wildman–Crippen MR) is 109 cm³/mol. The number of aromatic nitrogens is 2. The average Bonchev–Trinajstić information content (AvgIpc) is 3.05. The van der Waals surface area contributed by atoms with Gasteiger partial charge in [0, 0.05) is 24.9 Å². The molecule has 6 heteroatoms. The molecule has 0 bridgehead atoms. The summed E-state index contributed by atoms with van der Waals surface area (Å²) >= 11 is 7.58. The number of nitrogens with one attached hydrogen (secondary N) is 1. The van der Waals surface area contributed by atoms with Gasteiger partial charge in [0.25, 0.3) is 0 Å².